The molecule has 230 valence electrons. The molecule has 13 heteroatoms. The molecule has 3 N–H and O–H groups in total. The predicted octanol–water partition coefficient (Wildman–Crippen LogP) is 0.369. The highest BCUT2D eigenvalue weighted by molar-refractivity contribution is 5.78. The number of hydrogen-bond donors (Lipinski definition) is 3. The molecule has 3 unspecified atom stereocenters. The SMILES string of the molecule is CC1(C)CC(O)CCN1OC(=O)CN(CC(=O)ON1CCC(O)CC1(C)C)CC(=O)ON1CCC(O)CC1(C)C. The fourth-order valence-corrected chi connectivity index (χ4v) is 5.73. The number of hydrogen-bond acceptors (Lipinski definition) is 13. The lowest BCUT2D eigenvalue weighted by atomic mass is 9.91. The summed E-state index contributed by atoms with van der Waals surface area (Å²) in [6, 6.07) is 0. The number of carbonyl (C=O) groups is 3. The van der Waals surface area contributed by atoms with Crippen molar-refractivity contribution in [3.63, 3.8) is 0 Å². The fourth-order valence-electron chi connectivity index (χ4n) is 5.73. The lowest BCUT2D eigenvalue weighted by Crippen LogP contribution is -2.54. The fraction of sp³-hybridized carbons (Fsp3) is 0.889. The Kier molecular flexibility index (Phi) is 10.6. The third-order valence-electron chi connectivity index (χ3n) is 7.92. The van der Waals surface area contributed by atoms with Crippen LogP contribution in [0.15, 0.2) is 0 Å². The Hall–Kier alpha value is -1.87. The summed E-state index contributed by atoms with van der Waals surface area (Å²) in [4.78, 5) is 57.0. The zero-order chi connectivity index (χ0) is 29.9. The highest BCUT2D eigenvalue weighted by atomic mass is 16.7. The van der Waals surface area contributed by atoms with E-state index < -0.39 is 52.8 Å². The molecule has 0 radical (unpaired) electrons. The zero-order valence-corrected chi connectivity index (χ0v) is 24.8. The average Bonchev–Trinajstić information content (AvgIpc) is 2.78. The molecule has 0 spiro atoms. The number of aliphatic hydroxyl groups excluding tert-OH is 3. The Morgan fingerprint density at radius 3 is 1.07 bits per heavy atom. The first-order chi connectivity index (χ1) is 18.5. The summed E-state index contributed by atoms with van der Waals surface area (Å²) in [5.74, 6) is -1.98. The van der Waals surface area contributed by atoms with Crippen LogP contribution >= 0.6 is 0 Å². The standard InChI is InChI=1S/C27H48N4O9/c1-25(2)13-19(32)7-10-29(25)38-22(35)16-28(17-23(36)39-30-11-8-20(33)14-26(30,3)4)18-24(37)40-31-12-9-21(34)15-27(31,5)6/h19-21,32-34H,7-18H2,1-6H3. The van der Waals surface area contributed by atoms with E-state index in [-0.39, 0.29) is 19.6 Å². The van der Waals surface area contributed by atoms with Gasteiger partial charge in [-0.3, -0.25) is 4.90 Å². The Labute approximate surface area is 236 Å². The van der Waals surface area contributed by atoms with Gasteiger partial charge in [-0.15, -0.1) is 15.2 Å². The predicted molar refractivity (Wildman–Crippen MR) is 143 cm³/mol. The summed E-state index contributed by atoms with van der Waals surface area (Å²) < 4.78 is 0. The van der Waals surface area contributed by atoms with Crippen LogP contribution < -0.4 is 0 Å². The van der Waals surface area contributed by atoms with Gasteiger partial charge >= 0.3 is 17.9 Å². The zero-order valence-electron chi connectivity index (χ0n) is 24.8. The van der Waals surface area contributed by atoms with Crippen LogP contribution in [-0.2, 0) is 28.9 Å². The minimum Gasteiger partial charge on any atom is -0.393 e. The van der Waals surface area contributed by atoms with Crippen LogP contribution in [0.1, 0.15) is 80.1 Å². The monoisotopic (exact) mass is 572 g/mol. The van der Waals surface area contributed by atoms with E-state index in [1.165, 1.54) is 20.1 Å². The first-order valence-electron chi connectivity index (χ1n) is 14.2. The van der Waals surface area contributed by atoms with Crippen molar-refractivity contribution in [3.05, 3.63) is 0 Å². The van der Waals surface area contributed by atoms with Crippen LogP contribution in [0.5, 0.6) is 0 Å². The molecule has 0 aromatic rings. The molecule has 3 rings (SSSR count). The van der Waals surface area contributed by atoms with Gasteiger partial charge in [0.25, 0.3) is 0 Å². The number of aliphatic hydroxyl groups is 3. The van der Waals surface area contributed by atoms with Crippen LogP contribution in [0.4, 0.5) is 0 Å². The summed E-state index contributed by atoms with van der Waals surface area (Å²) in [6.45, 7) is 11.1. The van der Waals surface area contributed by atoms with E-state index in [0.717, 1.165) is 0 Å². The molecule has 0 amide bonds. The smallest absolute Gasteiger partial charge is 0.339 e. The molecule has 3 heterocycles. The van der Waals surface area contributed by atoms with Gasteiger partial charge in [0.1, 0.15) is 0 Å². The molecule has 3 atom stereocenters. The number of carbonyl (C=O) groups excluding carboxylic acids is 3. The van der Waals surface area contributed by atoms with E-state index in [1.54, 1.807) is 0 Å². The van der Waals surface area contributed by atoms with Gasteiger partial charge in [0.05, 0.1) is 54.6 Å². The van der Waals surface area contributed by atoms with Crippen molar-refractivity contribution >= 4 is 17.9 Å². The molecule has 0 aliphatic carbocycles. The second-order valence-corrected chi connectivity index (χ2v) is 13.2. The molecule has 3 aliphatic rings. The van der Waals surface area contributed by atoms with Gasteiger partial charge in [0, 0.05) is 19.6 Å². The summed E-state index contributed by atoms with van der Waals surface area (Å²) >= 11 is 0. The highest BCUT2D eigenvalue weighted by Crippen LogP contribution is 2.30. The second kappa shape index (κ2) is 13.0. The quantitative estimate of drug-likeness (QED) is 0.349. The van der Waals surface area contributed by atoms with Crippen molar-refractivity contribution in [1.29, 1.82) is 0 Å². The number of rotatable bonds is 9. The maximum atomic E-state index is 13.0. The Morgan fingerprint density at radius 2 is 0.850 bits per heavy atom. The van der Waals surface area contributed by atoms with E-state index in [2.05, 4.69) is 0 Å². The van der Waals surface area contributed by atoms with E-state index in [9.17, 15) is 29.7 Å². The molecule has 0 saturated carbocycles. The summed E-state index contributed by atoms with van der Waals surface area (Å²) in [5, 5.41) is 34.6. The molecule has 3 saturated heterocycles. The molecule has 0 aromatic heterocycles. The molecule has 0 aromatic carbocycles. The van der Waals surface area contributed by atoms with Gasteiger partial charge in [0.2, 0.25) is 0 Å². The molecule has 40 heavy (non-hydrogen) atoms. The van der Waals surface area contributed by atoms with Gasteiger partial charge in [-0.1, -0.05) is 0 Å². The molecular formula is C27H48N4O9. The van der Waals surface area contributed by atoms with Gasteiger partial charge < -0.3 is 29.8 Å². The summed E-state index contributed by atoms with van der Waals surface area (Å²) in [5.41, 5.74) is -1.74. The lowest BCUT2D eigenvalue weighted by molar-refractivity contribution is -0.240. The molecular weight excluding hydrogens is 524 g/mol. The first-order valence-corrected chi connectivity index (χ1v) is 14.2. The van der Waals surface area contributed by atoms with Gasteiger partial charge in [-0.25, -0.2) is 14.4 Å². The normalized spacial score (nSPS) is 29.1. The Balaban J connectivity index is 1.65. The summed E-state index contributed by atoms with van der Waals surface area (Å²) in [7, 11) is 0. The van der Waals surface area contributed by atoms with Crippen LogP contribution in [0.3, 0.4) is 0 Å². The van der Waals surface area contributed by atoms with Crippen molar-refractivity contribution in [2.24, 2.45) is 0 Å². The van der Waals surface area contributed by atoms with Gasteiger partial charge in [-0.2, -0.15) is 0 Å². The maximum Gasteiger partial charge on any atom is 0.339 e. The number of nitrogens with zero attached hydrogens (tertiary/aromatic N) is 4. The minimum atomic E-state index is -0.659. The molecule has 3 aliphatic heterocycles. The first kappa shape index (κ1) is 32.6. The summed E-state index contributed by atoms with van der Waals surface area (Å²) in [6.07, 6.45) is 1.23. The van der Waals surface area contributed by atoms with Crippen molar-refractivity contribution in [3.8, 4) is 0 Å². The van der Waals surface area contributed by atoms with E-state index in [1.807, 2.05) is 41.5 Å². The molecule has 3 fully saturated rings. The van der Waals surface area contributed by atoms with Gasteiger partial charge in [-0.05, 0) is 80.1 Å². The third-order valence-corrected chi connectivity index (χ3v) is 7.92. The second-order valence-electron chi connectivity index (χ2n) is 13.2. The van der Waals surface area contributed by atoms with Crippen LogP contribution in [-0.4, -0.2) is 128 Å². The average molecular weight is 573 g/mol. The Bertz CT molecular complexity index is 798. The van der Waals surface area contributed by atoms with Crippen molar-refractivity contribution in [2.75, 3.05) is 39.3 Å². The maximum absolute atomic E-state index is 13.0. The largest absolute Gasteiger partial charge is 0.393 e. The number of hydroxylamine groups is 6. The molecule has 13 nitrogen and oxygen atoms in total. The topological polar surface area (TPSA) is 153 Å². The van der Waals surface area contributed by atoms with Crippen LogP contribution in [0, 0.1) is 0 Å². The number of piperidine rings is 3. The van der Waals surface area contributed by atoms with Crippen molar-refractivity contribution in [1.82, 2.24) is 20.1 Å². The van der Waals surface area contributed by atoms with E-state index >= 15 is 0 Å². The third kappa shape index (κ3) is 9.07. The van der Waals surface area contributed by atoms with E-state index in [0.29, 0.717) is 58.2 Å². The van der Waals surface area contributed by atoms with E-state index in [4.69, 9.17) is 14.5 Å². The molecule has 0 bridgehead atoms. The Morgan fingerprint density at radius 1 is 0.600 bits per heavy atom. The van der Waals surface area contributed by atoms with Crippen LogP contribution in [0.2, 0.25) is 0 Å². The van der Waals surface area contributed by atoms with Crippen molar-refractivity contribution in [2.45, 2.75) is 115 Å². The lowest BCUT2D eigenvalue weighted by Gasteiger charge is -2.43. The van der Waals surface area contributed by atoms with Gasteiger partial charge in [0.15, 0.2) is 0 Å². The highest BCUT2D eigenvalue weighted by Gasteiger charge is 2.40. The van der Waals surface area contributed by atoms with Crippen molar-refractivity contribution < 1.29 is 44.2 Å². The van der Waals surface area contributed by atoms with Crippen LogP contribution in [0.25, 0.3) is 0 Å². The minimum absolute atomic E-state index is 0.357.